The highest BCUT2D eigenvalue weighted by molar-refractivity contribution is 7.99. The number of hydrogen-bond donors (Lipinski definition) is 0. The second-order valence-corrected chi connectivity index (χ2v) is 10.7. The van der Waals surface area contributed by atoms with Gasteiger partial charge in [-0.05, 0) is 75.0 Å². The molecule has 0 N–H and O–H groups in total. The lowest BCUT2D eigenvalue weighted by atomic mass is 10.0. The molecule has 0 unspecified atom stereocenters. The molecule has 0 aliphatic carbocycles. The average Bonchev–Trinajstić information content (AvgIpc) is 3.35. The Morgan fingerprint density at radius 3 is 2.62 bits per heavy atom. The molecule has 2 aromatic carbocycles. The van der Waals surface area contributed by atoms with E-state index in [0.29, 0.717) is 0 Å². The van der Waals surface area contributed by atoms with Gasteiger partial charge in [-0.1, -0.05) is 35.1 Å². The van der Waals surface area contributed by atoms with Gasteiger partial charge < -0.3 is 14.0 Å². The molecule has 1 aliphatic rings. The zero-order valence-corrected chi connectivity index (χ0v) is 23.0. The summed E-state index contributed by atoms with van der Waals surface area (Å²) in [4.78, 5) is 7.25. The van der Waals surface area contributed by atoms with Gasteiger partial charge in [0.15, 0.2) is 16.6 Å². The fourth-order valence-electron chi connectivity index (χ4n) is 5.13. The minimum absolute atomic E-state index is 0. The SMILES string of the molecule is Cc1ccc2c(-c3nnc(SCCCN4CCc5cc6onc(C)c6cc5CC4)n3C)cccc2n1.Cl. The molecule has 9 heteroatoms. The Labute approximate surface area is 227 Å². The summed E-state index contributed by atoms with van der Waals surface area (Å²) in [5, 5.41) is 16.4. The summed E-state index contributed by atoms with van der Waals surface area (Å²) >= 11 is 1.78. The van der Waals surface area contributed by atoms with E-state index in [9.17, 15) is 0 Å². The number of rotatable bonds is 6. The number of aryl methyl sites for hydroxylation is 2. The lowest BCUT2D eigenvalue weighted by Crippen LogP contribution is -2.27. The van der Waals surface area contributed by atoms with E-state index in [0.717, 1.165) is 94.5 Å². The van der Waals surface area contributed by atoms with Crippen LogP contribution in [0.1, 0.15) is 28.9 Å². The fourth-order valence-corrected chi connectivity index (χ4v) is 5.96. The van der Waals surface area contributed by atoms with Crippen molar-refractivity contribution in [3.63, 3.8) is 0 Å². The van der Waals surface area contributed by atoms with E-state index in [1.807, 2.05) is 19.9 Å². The molecule has 0 radical (unpaired) electrons. The Morgan fingerprint density at radius 2 is 1.78 bits per heavy atom. The van der Waals surface area contributed by atoms with E-state index >= 15 is 0 Å². The normalized spacial score (nSPS) is 14.0. The first kappa shape index (κ1) is 25.7. The summed E-state index contributed by atoms with van der Waals surface area (Å²) in [7, 11) is 2.05. The molecule has 0 spiro atoms. The topological polar surface area (TPSA) is 72.9 Å². The van der Waals surface area contributed by atoms with Crippen molar-refractivity contribution in [3.05, 3.63) is 65.0 Å². The van der Waals surface area contributed by atoms with Crippen molar-refractivity contribution in [2.75, 3.05) is 25.4 Å². The second kappa shape index (κ2) is 10.8. The van der Waals surface area contributed by atoms with Crippen LogP contribution in [0.15, 0.2) is 52.1 Å². The van der Waals surface area contributed by atoms with Gasteiger partial charge in [-0.3, -0.25) is 4.98 Å². The van der Waals surface area contributed by atoms with E-state index in [1.165, 1.54) is 11.1 Å². The van der Waals surface area contributed by atoms with Crippen molar-refractivity contribution in [1.82, 2.24) is 29.8 Å². The minimum atomic E-state index is 0. The number of pyridine rings is 1. The minimum Gasteiger partial charge on any atom is -0.356 e. The monoisotopic (exact) mass is 534 g/mol. The zero-order chi connectivity index (χ0) is 24.6. The predicted octanol–water partition coefficient (Wildman–Crippen LogP) is 5.79. The number of aromatic nitrogens is 5. The zero-order valence-electron chi connectivity index (χ0n) is 21.4. The van der Waals surface area contributed by atoms with Crippen molar-refractivity contribution in [2.45, 2.75) is 38.3 Å². The lowest BCUT2D eigenvalue weighted by Gasteiger charge is -2.19. The van der Waals surface area contributed by atoms with Crippen LogP contribution in [0.3, 0.4) is 0 Å². The third-order valence-electron chi connectivity index (χ3n) is 7.16. The first-order valence-electron chi connectivity index (χ1n) is 12.6. The van der Waals surface area contributed by atoms with Crippen LogP contribution in [-0.2, 0) is 19.9 Å². The smallest absolute Gasteiger partial charge is 0.191 e. The Kier molecular flexibility index (Phi) is 7.51. The van der Waals surface area contributed by atoms with E-state index in [2.05, 4.69) is 73.3 Å². The van der Waals surface area contributed by atoms with Crippen molar-refractivity contribution in [1.29, 1.82) is 0 Å². The molecule has 7 nitrogen and oxygen atoms in total. The number of thioether (sulfide) groups is 1. The van der Waals surface area contributed by atoms with Gasteiger partial charge in [0.05, 0.1) is 11.2 Å². The largest absolute Gasteiger partial charge is 0.356 e. The van der Waals surface area contributed by atoms with Crippen molar-refractivity contribution in [2.24, 2.45) is 7.05 Å². The maximum absolute atomic E-state index is 5.49. The van der Waals surface area contributed by atoms with Gasteiger partial charge in [0.1, 0.15) is 0 Å². The van der Waals surface area contributed by atoms with Gasteiger partial charge in [-0.15, -0.1) is 22.6 Å². The van der Waals surface area contributed by atoms with Crippen molar-refractivity contribution in [3.8, 4) is 11.4 Å². The second-order valence-electron chi connectivity index (χ2n) is 9.62. The van der Waals surface area contributed by atoms with E-state index in [4.69, 9.17) is 4.52 Å². The summed E-state index contributed by atoms with van der Waals surface area (Å²) in [5.41, 5.74) is 7.81. The maximum atomic E-state index is 5.49. The number of halogens is 1. The Balaban J connectivity index is 0.00000280. The number of benzene rings is 2. The summed E-state index contributed by atoms with van der Waals surface area (Å²) in [6.45, 7) is 7.30. The molecular weight excluding hydrogens is 504 g/mol. The fraction of sp³-hybridized carbons (Fsp3) is 0.357. The lowest BCUT2D eigenvalue weighted by molar-refractivity contribution is 0.289. The molecule has 0 saturated heterocycles. The van der Waals surface area contributed by atoms with Crippen LogP contribution in [0.2, 0.25) is 0 Å². The van der Waals surface area contributed by atoms with Crippen molar-refractivity contribution < 1.29 is 4.52 Å². The van der Waals surface area contributed by atoms with E-state index in [1.54, 1.807) is 11.8 Å². The molecule has 6 rings (SSSR count). The molecule has 0 amide bonds. The van der Waals surface area contributed by atoms with Gasteiger partial charge in [0.25, 0.3) is 0 Å². The summed E-state index contributed by atoms with van der Waals surface area (Å²) in [6, 6.07) is 14.9. The Bertz CT molecular complexity index is 1560. The van der Waals surface area contributed by atoms with Crippen molar-refractivity contribution >= 4 is 46.0 Å². The van der Waals surface area contributed by atoms with Crippen LogP contribution in [0, 0.1) is 13.8 Å². The van der Waals surface area contributed by atoms with Crippen LogP contribution >= 0.6 is 24.2 Å². The third kappa shape index (κ3) is 5.10. The molecule has 0 fully saturated rings. The Morgan fingerprint density at radius 1 is 0.973 bits per heavy atom. The average molecular weight is 535 g/mol. The maximum Gasteiger partial charge on any atom is 0.191 e. The summed E-state index contributed by atoms with van der Waals surface area (Å²) in [5.74, 6) is 1.90. The van der Waals surface area contributed by atoms with Gasteiger partial charge in [-0.25, -0.2) is 0 Å². The third-order valence-corrected chi connectivity index (χ3v) is 8.27. The van der Waals surface area contributed by atoms with Crippen LogP contribution in [-0.4, -0.2) is 55.2 Å². The number of nitrogens with zero attached hydrogens (tertiary/aromatic N) is 6. The van der Waals surface area contributed by atoms with Crippen LogP contribution < -0.4 is 0 Å². The highest BCUT2D eigenvalue weighted by atomic mass is 35.5. The van der Waals surface area contributed by atoms with Crippen LogP contribution in [0.4, 0.5) is 0 Å². The highest BCUT2D eigenvalue weighted by Gasteiger charge is 2.18. The molecule has 4 heterocycles. The summed E-state index contributed by atoms with van der Waals surface area (Å²) in [6.07, 6.45) is 3.26. The van der Waals surface area contributed by atoms with E-state index < -0.39 is 0 Å². The molecule has 37 heavy (non-hydrogen) atoms. The first-order chi connectivity index (χ1) is 17.6. The molecule has 1 aliphatic heterocycles. The quantitative estimate of drug-likeness (QED) is 0.201. The van der Waals surface area contributed by atoms with Gasteiger partial charge in [0.2, 0.25) is 0 Å². The van der Waals surface area contributed by atoms with Gasteiger partial charge in [0, 0.05) is 47.9 Å². The molecule has 0 saturated carbocycles. The molecule has 3 aromatic heterocycles. The predicted molar refractivity (Wildman–Crippen MR) is 152 cm³/mol. The molecule has 5 aromatic rings. The molecule has 0 atom stereocenters. The molecule has 192 valence electrons. The van der Waals surface area contributed by atoms with Gasteiger partial charge >= 0.3 is 0 Å². The number of hydrogen-bond acceptors (Lipinski definition) is 7. The molecule has 0 bridgehead atoms. The van der Waals surface area contributed by atoms with Gasteiger partial charge in [-0.2, -0.15) is 0 Å². The standard InChI is InChI=1S/C28H30N6OS.ClH/c1-18-8-9-22-23(6-4-7-25(22)29-18)27-30-31-28(33(27)3)36-15-5-12-34-13-10-20-16-24-19(2)32-35-26(24)17-21(20)11-14-34;/h4,6-9,16-17H,5,10-15H2,1-3H3;1H. The molecular formula is C28H31ClN6OS. The highest BCUT2D eigenvalue weighted by Crippen LogP contribution is 2.29. The van der Waals surface area contributed by atoms with E-state index in [-0.39, 0.29) is 12.4 Å². The summed E-state index contributed by atoms with van der Waals surface area (Å²) < 4.78 is 7.59. The number of fused-ring (bicyclic) bond motifs is 3. The Hall–Kier alpha value is -2.94. The van der Waals surface area contributed by atoms with Crippen LogP contribution in [0.25, 0.3) is 33.3 Å². The first-order valence-corrected chi connectivity index (χ1v) is 13.5. The van der Waals surface area contributed by atoms with Crippen LogP contribution in [0.5, 0.6) is 0 Å².